The summed E-state index contributed by atoms with van der Waals surface area (Å²) < 4.78 is 26.4. The van der Waals surface area contributed by atoms with Gasteiger partial charge in [0.05, 0.1) is 5.25 Å². The highest BCUT2D eigenvalue weighted by Gasteiger charge is 2.36. The molecule has 2 aliphatic heterocycles. The standard InChI is InChI=1S/C11H22N2O2S/c1-2-10-5-8-13(9-10)16(14,15)11-3-6-12-7-4-11/h10-12H,2-9H2,1H3. The first kappa shape index (κ1) is 12.3. The molecule has 16 heavy (non-hydrogen) atoms. The van der Waals surface area contributed by atoms with Crippen molar-refractivity contribution in [3.63, 3.8) is 0 Å². The summed E-state index contributed by atoms with van der Waals surface area (Å²) in [6, 6.07) is 0. The van der Waals surface area contributed by atoms with Crippen molar-refractivity contribution in [3.05, 3.63) is 0 Å². The molecule has 0 amide bonds. The molecule has 0 radical (unpaired) electrons. The first-order valence-corrected chi connectivity index (χ1v) is 7.84. The van der Waals surface area contributed by atoms with E-state index >= 15 is 0 Å². The molecule has 0 aromatic carbocycles. The zero-order chi connectivity index (χ0) is 11.6. The number of nitrogens with one attached hydrogen (secondary N) is 1. The van der Waals surface area contributed by atoms with E-state index in [2.05, 4.69) is 12.2 Å². The fourth-order valence-electron chi connectivity index (χ4n) is 2.67. The highest BCUT2D eigenvalue weighted by atomic mass is 32.2. The van der Waals surface area contributed by atoms with Crippen LogP contribution in [-0.2, 0) is 10.0 Å². The van der Waals surface area contributed by atoms with Crippen LogP contribution in [0.4, 0.5) is 0 Å². The van der Waals surface area contributed by atoms with Crippen LogP contribution < -0.4 is 5.32 Å². The predicted octanol–water partition coefficient (Wildman–Crippen LogP) is 0.800. The maximum Gasteiger partial charge on any atom is 0.217 e. The summed E-state index contributed by atoms with van der Waals surface area (Å²) >= 11 is 0. The zero-order valence-corrected chi connectivity index (χ0v) is 10.8. The van der Waals surface area contributed by atoms with Gasteiger partial charge in [-0.1, -0.05) is 13.3 Å². The quantitative estimate of drug-likeness (QED) is 0.801. The second-order valence-electron chi connectivity index (χ2n) is 4.92. The van der Waals surface area contributed by atoms with Crippen LogP contribution in [0.3, 0.4) is 0 Å². The number of sulfonamides is 1. The third-order valence-corrected chi connectivity index (χ3v) is 6.26. The minimum Gasteiger partial charge on any atom is -0.317 e. The van der Waals surface area contributed by atoms with Crippen molar-refractivity contribution in [3.8, 4) is 0 Å². The number of nitrogens with zero attached hydrogens (tertiary/aromatic N) is 1. The second-order valence-corrected chi connectivity index (χ2v) is 7.13. The summed E-state index contributed by atoms with van der Waals surface area (Å²) in [5.74, 6) is 0.580. The summed E-state index contributed by atoms with van der Waals surface area (Å²) in [4.78, 5) is 0. The predicted molar refractivity (Wildman–Crippen MR) is 64.8 cm³/mol. The number of rotatable bonds is 3. The van der Waals surface area contributed by atoms with Crippen LogP contribution in [0.2, 0.25) is 0 Å². The van der Waals surface area contributed by atoms with Crippen molar-refractivity contribution in [1.29, 1.82) is 0 Å². The molecule has 2 saturated heterocycles. The zero-order valence-electron chi connectivity index (χ0n) is 9.98. The van der Waals surface area contributed by atoms with Crippen molar-refractivity contribution in [2.45, 2.75) is 37.9 Å². The van der Waals surface area contributed by atoms with Crippen LogP contribution in [0, 0.1) is 5.92 Å². The molecule has 1 atom stereocenters. The second kappa shape index (κ2) is 5.02. The minimum absolute atomic E-state index is 0.135. The molecular weight excluding hydrogens is 224 g/mol. The Balaban J connectivity index is 2.01. The van der Waals surface area contributed by atoms with E-state index in [0.29, 0.717) is 5.92 Å². The molecule has 2 fully saturated rings. The van der Waals surface area contributed by atoms with Crippen LogP contribution in [0.15, 0.2) is 0 Å². The Kier molecular flexibility index (Phi) is 3.87. The van der Waals surface area contributed by atoms with Gasteiger partial charge in [-0.15, -0.1) is 0 Å². The van der Waals surface area contributed by atoms with Crippen molar-refractivity contribution in [2.75, 3.05) is 26.2 Å². The molecule has 1 unspecified atom stereocenters. The van der Waals surface area contributed by atoms with Crippen LogP contribution in [0.5, 0.6) is 0 Å². The van der Waals surface area contributed by atoms with Gasteiger partial charge < -0.3 is 5.32 Å². The van der Waals surface area contributed by atoms with Crippen molar-refractivity contribution in [2.24, 2.45) is 5.92 Å². The molecule has 94 valence electrons. The molecule has 5 heteroatoms. The normalized spacial score (nSPS) is 29.7. The number of piperidine rings is 1. The molecular formula is C11H22N2O2S. The molecule has 0 aromatic rings. The SMILES string of the molecule is CCC1CCN(S(=O)(=O)C2CCNCC2)C1. The molecule has 0 aromatic heterocycles. The first-order valence-electron chi connectivity index (χ1n) is 6.34. The summed E-state index contributed by atoms with van der Waals surface area (Å²) in [6.45, 7) is 5.32. The molecule has 2 aliphatic rings. The van der Waals surface area contributed by atoms with E-state index in [9.17, 15) is 8.42 Å². The van der Waals surface area contributed by atoms with Gasteiger partial charge in [-0.25, -0.2) is 12.7 Å². The molecule has 2 heterocycles. The third kappa shape index (κ3) is 2.41. The van der Waals surface area contributed by atoms with Gasteiger partial charge in [0.2, 0.25) is 10.0 Å². The van der Waals surface area contributed by atoms with Crippen LogP contribution in [-0.4, -0.2) is 44.2 Å². The lowest BCUT2D eigenvalue weighted by Gasteiger charge is -2.27. The monoisotopic (exact) mass is 246 g/mol. The van der Waals surface area contributed by atoms with Gasteiger partial charge in [0.25, 0.3) is 0 Å². The van der Waals surface area contributed by atoms with Gasteiger partial charge in [0.15, 0.2) is 0 Å². The van der Waals surface area contributed by atoms with Gasteiger partial charge in [0.1, 0.15) is 0 Å². The Morgan fingerprint density at radius 2 is 1.94 bits per heavy atom. The van der Waals surface area contributed by atoms with E-state index in [0.717, 1.165) is 51.9 Å². The van der Waals surface area contributed by atoms with Crippen LogP contribution in [0.25, 0.3) is 0 Å². The maximum atomic E-state index is 12.3. The lowest BCUT2D eigenvalue weighted by atomic mass is 10.1. The van der Waals surface area contributed by atoms with Crippen molar-refractivity contribution < 1.29 is 8.42 Å². The Morgan fingerprint density at radius 1 is 1.25 bits per heavy atom. The smallest absolute Gasteiger partial charge is 0.217 e. The summed E-state index contributed by atoms with van der Waals surface area (Å²) in [7, 11) is -3.01. The maximum absolute atomic E-state index is 12.3. The highest BCUT2D eigenvalue weighted by Crippen LogP contribution is 2.26. The Labute approximate surface area is 98.4 Å². The van der Waals surface area contributed by atoms with E-state index in [1.165, 1.54) is 0 Å². The topological polar surface area (TPSA) is 49.4 Å². The highest BCUT2D eigenvalue weighted by molar-refractivity contribution is 7.89. The van der Waals surface area contributed by atoms with Gasteiger partial charge in [-0.3, -0.25) is 0 Å². The summed E-state index contributed by atoms with van der Waals surface area (Å²) in [5, 5.41) is 3.08. The van der Waals surface area contributed by atoms with Crippen LogP contribution >= 0.6 is 0 Å². The fourth-order valence-corrected chi connectivity index (χ4v) is 4.70. The minimum atomic E-state index is -3.01. The molecule has 1 N–H and O–H groups in total. The van der Waals surface area contributed by atoms with Gasteiger partial charge in [-0.2, -0.15) is 0 Å². The molecule has 0 saturated carbocycles. The van der Waals surface area contributed by atoms with E-state index in [1.54, 1.807) is 4.31 Å². The Bertz CT molecular complexity index is 323. The largest absolute Gasteiger partial charge is 0.317 e. The van der Waals surface area contributed by atoms with Gasteiger partial charge in [-0.05, 0) is 38.3 Å². The fraction of sp³-hybridized carbons (Fsp3) is 1.00. The lowest BCUT2D eigenvalue weighted by Crippen LogP contribution is -2.43. The van der Waals surface area contributed by atoms with Gasteiger partial charge >= 0.3 is 0 Å². The summed E-state index contributed by atoms with van der Waals surface area (Å²) in [5.41, 5.74) is 0. The summed E-state index contributed by atoms with van der Waals surface area (Å²) in [6.07, 6.45) is 3.68. The first-order chi connectivity index (χ1) is 7.64. The van der Waals surface area contributed by atoms with Gasteiger partial charge in [0, 0.05) is 13.1 Å². The molecule has 0 bridgehead atoms. The third-order valence-electron chi connectivity index (χ3n) is 3.89. The van der Waals surface area contributed by atoms with Crippen molar-refractivity contribution in [1.82, 2.24) is 9.62 Å². The average Bonchev–Trinajstić information content (AvgIpc) is 2.79. The molecule has 0 spiro atoms. The van der Waals surface area contributed by atoms with E-state index < -0.39 is 10.0 Å². The lowest BCUT2D eigenvalue weighted by molar-refractivity contribution is 0.422. The van der Waals surface area contributed by atoms with E-state index in [4.69, 9.17) is 0 Å². The average molecular weight is 246 g/mol. The molecule has 4 nitrogen and oxygen atoms in total. The Morgan fingerprint density at radius 3 is 2.50 bits per heavy atom. The van der Waals surface area contributed by atoms with E-state index in [1.807, 2.05) is 0 Å². The molecule has 0 aliphatic carbocycles. The van der Waals surface area contributed by atoms with E-state index in [-0.39, 0.29) is 5.25 Å². The Hall–Kier alpha value is -0.130. The van der Waals surface area contributed by atoms with Crippen LogP contribution in [0.1, 0.15) is 32.6 Å². The number of hydrogen-bond acceptors (Lipinski definition) is 3. The van der Waals surface area contributed by atoms with Crippen molar-refractivity contribution >= 4 is 10.0 Å². The molecule has 2 rings (SSSR count). The number of hydrogen-bond donors (Lipinski definition) is 1.